The maximum atomic E-state index is 12.5. The van der Waals surface area contributed by atoms with Crippen molar-refractivity contribution in [3.05, 3.63) is 14.9 Å². The zero-order valence-corrected chi connectivity index (χ0v) is 13.9. The van der Waals surface area contributed by atoms with Gasteiger partial charge in [-0.3, -0.25) is 0 Å². The third-order valence-corrected chi connectivity index (χ3v) is 7.82. The Kier molecular flexibility index (Phi) is 4.35. The molecule has 0 aromatic carbocycles. The molecule has 1 unspecified atom stereocenters. The van der Waals surface area contributed by atoms with E-state index in [-0.39, 0.29) is 15.2 Å². The number of thiophene rings is 1. The highest BCUT2D eigenvalue weighted by atomic mass is 79.9. The Bertz CT molecular complexity index is 567. The minimum absolute atomic E-state index is 0.211. The van der Waals surface area contributed by atoms with Gasteiger partial charge in [-0.1, -0.05) is 23.8 Å². The van der Waals surface area contributed by atoms with E-state index in [1.807, 2.05) is 0 Å². The number of sulfonamides is 1. The fourth-order valence-electron chi connectivity index (χ4n) is 1.88. The molecular formula is C9H10BrClN2O2S3. The lowest BCUT2D eigenvalue weighted by Gasteiger charge is -2.22. The summed E-state index contributed by atoms with van der Waals surface area (Å²) in [5, 5.41) is 0.393. The summed E-state index contributed by atoms with van der Waals surface area (Å²) in [5.41, 5.74) is 5.59. The molecule has 100 valence electrons. The van der Waals surface area contributed by atoms with Crippen LogP contribution < -0.4 is 5.73 Å². The Morgan fingerprint density at radius 2 is 2.33 bits per heavy atom. The molecule has 1 aliphatic rings. The fraction of sp³-hybridized carbons (Fsp3) is 0.444. The third kappa shape index (κ3) is 2.59. The first-order chi connectivity index (χ1) is 8.34. The van der Waals surface area contributed by atoms with E-state index in [2.05, 4.69) is 15.9 Å². The van der Waals surface area contributed by atoms with E-state index in [0.29, 0.717) is 21.8 Å². The van der Waals surface area contributed by atoms with Crippen molar-refractivity contribution in [3.8, 4) is 0 Å². The molecule has 0 saturated carbocycles. The maximum Gasteiger partial charge on any atom is 0.253 e. The highest BCUT2D eigenvalue weighted by Gasteiger charge is 2.37. The van der Waals surface area contributed by atoms with Crippen LogP contribution >= 0.6 is 51.1 Å². The molecule has 0 aliphatic carbocycles. The minimum Gasteiger partial charge on any atom is -0.392 e. The van der Waals surface area contributed by atoms with Gasteiger partial charge in [-0.25, -0.2) is 8.42 Å². The van der Waals surface area contributed by atoms with Gasteiger partial charge in [-0.2, -0.15) is 4.31 Å². The highest BCUT2D eigenvalue weighted by Crippen LogP contribution is 2.37. The smallest absolute Gasteiger partial charge is 0.253 e. The Morgan fingerprint density at radius 1 is 1.67 bits per heavy atom. The molecule has 1 aromatic heterocycles. The SMILES string of the molecule is NC(=S)C1CCCN1S(=O)(=O)c1cc(Cl)c(Br)s1. The lowest BCUT2D eigenvalue weighted by molar-refractivity contribution is 0.448. The molecule has 2 rings (SSSR count). The van der Waals surface area contributed by atoms with E-state index in [1.165, 1.54) is 10.4 Å². The standard InChI is InChI=1S/C9H10BrClN2O2S3/c10-8-5(11)4-7(17-8)18(14,15)13-3-1-2-6(13)9(12)16/h4,6H,1-3H2,(H2,12,16). The van der Waals surface area contributed by atoms with E-state index in [1.54, 1.807) is 0 Å². The summed E-state index contributed by atoms with van der Waals surface area (Å²) >= 11 is 15.1. The molecule has 1 saturated heterocycles. The molecule has 2 heterocycles. The van der Waals surface area contributed by atoms with Crippen LogP contribution in [0.25, 0.3) is 0 Å². The van der Waals surface area contributed by atoms with Crippen molar-refractivity contribution in [2.24, 2.45) is 5.73 Å². The van der Waals surface area contributed by atoms with Gasteiger partial charge in [0.25, 0.3) is 10.0 Å². The Labute approximate surface area is 128 Å². The fourth-order valence-corrected chi connectivity index (χ4v) is 6.40. The Hall–Kier alpha value is 0.270. The zero-order chi connectivity index (χ0) is 13.5. The predicted molar refractivity (Wildman–Crippen MR) is 80.7 cm³/mol. The molecule has 18 heavy (non-hydrogen) atoms. The van der Waals surface area contributed by atoms with E-state index in [0.717, 1.165) is 17.8 Å². The van der Waals surface area contributed by atoms with Crippen molar-refractivity contribution < 1.29 is 8.42 Å². The topological polar surface area (TPSA) is 63.4 Å². The van der Waals surface area contributed by atoms with Crippen LogP contribution in [0.3, 0.4) is 0 Å². The van der Waals surface area contributed by atoms with Crippen molar-refractivity contribution in [1.82, 2.24) is 4.31 Å². The van der Waals surface area contributed by atoms with Crippen LogP contribution in [0.1, 0.15) is 12.8 Å². The van der Waals surface area contributed by atoms with E-state index in [4.69, 9.17) is 29.6 Å². The summed E-state index contributed by atoms with van der Waals surface area (Å²) in [5.74, 6) is 0. The third-order valence-electron chi connectivity index (χ3n) is 2.72. The van der Waals surface area contributed by atoms with E-state index < -0.39 is 10.0 Å². The van der Waals surface area contributed by atoms with Gasteiger partial charge < -0.3 is 5.73 Å². The largest absolute Gasteiger partial charge is 0.392 e. The van der Waals surface area contributed by atoms with Gasteiger partial charge in [0.15, 0.2) is 0 Å². The van der Waals surface area contributed by atoms with Crippen LogP contribution in [-0.4, -0.2) is 30.3 Å². The lowest BCUT2D eigenvalue weighted by atomic mass is 10.2. The first kappa shape index (κ1) is 14.7. The van der Waals surface area contributed by atoms with Gasteiger partial charge in [0, 0.05) is 6.54 Å². The summed E-state index contributed by atoms with van der Waals surface area (Å²) in [6.07, 6.45) is 1.44. The second kappa shape index (κ2) is 5.34. The molecule has 0 spiro atoms. The summed E-state index contributed by atoms with van der Waals surface area (Å²) in [4.78, 5) is 0.220. The molecule has 4 nitrogen and oxygen atoms in total. The van der Waals surface area contributed by atoms with Crippen LogP contribution in [-0.2, 0) is 10.0 Å². The molecule has 1 fully saturated rings. The second-order valence-corrected chi connectivity index (χ2v) is 9.23. The van der Waals surface area contributed by atoms with Crippen LogP contribution in [0.5, 0.6) is 0 Å². The van der Waals surface area contributed by atoms with Gasteiger partial charge >= 0.3 is 0 Å². The monoisotopic (exact) mass is 388 g/mol. The number of hydrogen-bond donors (Lipinski definition) is 1. The van der Waals surface area contributed by atoms with Crippen LogP contribution in [0.2, 0.25) is 5.02 Å². The van der Waals surface area contributed by atoms with Gasteiger partial charge in [-0.05, 0) is 34.8 Å². The molecule has 2 N–H and O–H groups in total. The molecular weight excluding hydrogens is 380 g/mol. The van der Waals surface area contributed by atoms with Crippen LogP contribution in [0, 0.1) is 0 Å². The molecule has 1 aliphatic heterocycles. The summed E-state index contributed by atoms with van der Waals surface area (Å²) in [6, 6.07) is 1.06. The van der Waals surface area contributed by atoms with Crippen molar-refractivity contribution in [3.63, 3.8) is 0 Å². The Balaban J connectivity index is 2.39. The number of halogens is 2. The molecule has 0 radical (unpaired) electrons. The van der Waals surface area contributed by atoms with Crippen molar-refractivity contribution in [1.29, 1.82) is 0 Å². The first-order valence-corrected chi connectivity index (χ1v) is 8.93. The van der Waals surface area contributed by atoms with Crippen molar-refractivity contribution in [2.45, 2.75) is 23.1 Å². The van der Waals surface area contributed by atoms with E-state index in [9.17, 15) is 8.42 Å². The molecule has 0 amide bonds. The first-order valence-electron chi connectivity index (χ1n) is 5.10. The van der Waals surface area contributed by atoms with E-state index >= 15 is 0 Å². The van der Waals surface area contributed by atoms with Gasteiger partial charge in [-0.15, -0.1) is 11.3 Å². The van der Waals surface area contributed by atoms with Crippen LogP contribution in [0.15, 0.2) is 14.1 Å². The second-order valence-electron chi connectivity index (χ2n) is 3.86. The predicted octanol–water partition coefficient (Wildman–Crippen LogP) is 2.60. The summed E-state index contributed by atoms with van der Waals surface area (Å²) < 4.78 is 27.1. The van der Waals surface area contributed by atoms with Gasteiger partial charge in [0.05, 0.1) is 19.8 Å². The average molecular weight is 390 g/mol. The molecule has 1 aromatic rings. The van der Waals surface area contributed by atoms with Gasteiger partial charge in [0.1, 0.15) is 4.21 Å². The number of rotatable bonds is 3. The zero-order valence-electron chi connectivity index (χ0n) is 9.10. The average Bonchev–Trinajstić information content (AvgIpc) is 2.87. The van der Waals surface area contributed by atoms with Gasteiger partial charge in [0.2, 0.25) is 0 Å². The normalized spacial score (nSPS) is 21.3. The van der Waals surface area contributed by atoms with Crippen molar-refractivity contribution >= 4 is 66.1 Å². The Morgan fingerprint density at radius 3 is 2.83 bits per heavy atom. The number of nitrogens with two attached hydrogens (primary N) is 1. The summed E-state index contributed by atoms with van der Waals surface area (Å²) in [6.45, 7) is 0.442. The highest BCUT2D eigenvalue weighted by molar-refractivity contribution is 9.11. The molecule has 0 bridgehead atoms. The lowest BCUT2D eigenvalue weighted by Crippen LogP contribution is -2.42. The molecule has 9 heteroatoms. The minimum atomic E-state index is -3.56. The quantitative estimate of drug-likeness (QED) is 0.807. The maximum absolute atomic E-state index is 12.5. The van der Waals surface area contributed by atoms with Crippen molar-refractivity contribution in [2.75, 3.05) is 6.54 Å². The molecule has 1 atom stereocenters. The number of thiocarbonyl (C=S) groups is 1. The van der Waals surface area contributed by atoms with Crippen LogP contribution in [0.4, 0.5) is 0 Å². The summed E-state index contributed by atoms with van der Waals surface area (Å²) in [7, 11) is -3.56. The number of hydrogen-bond acceptors (Lipinski definition) is 4. The number of nitrogens with zero attached hydrogens (tertiary/aromatic N) is 1.